The van der Waals surface area contributed by atoms with Crippen LogP contribution in [-0.2, 0) is 11.2 Å². The van der Waals surface area contributed by atoms with Gasteiger partial charge in [-0.25, -0.2) is 0 Å². The van der Waals surface area contributed by atoms with Gasteiger partial charge in [0.1, 0.15) is 0 Å². The molecule has 1 fully saturated rings. The Kier molecular flexibility index (Phi) is 3.69. The van der Waals surface area contributed by atoms with Crippen LogP contribution in [0.25, 0.3) is 0 Å². The molecule has 0 radical (unpaired) electrons. The van der Waals surface area contributed by atoms with E-state index < -0.39 is 0 Å². The smallest absolute Gasteiger partial charge is 0.322 e. The lowest BCUT2D eigenvalue weighted by atomic mass is 10.2. The van der Waals surface area contributed by atoms with Crippen molar-refractivity contribution in [1.82, 2.24) is 20.5 Å². The van der Waals surface area contributed by atoms with Crippen molar-refractivity contribution in [1.29, 1.82) is 0 Å². The summed E-state index contributed by atoms with van der Waals surface area (Å²) in [5.41, 5.74) is 0.884. The van der Waals surface area contributed by atoms with Gasteiger partial charge in [0.25, 0.3) is 0 Å². The molecule has 0 spiro atoms. The number of rotatable bonds is 4. The van der Waals surface area contributed by atoms with Crippen LogP contribution in [0.3, 0.4) is 0 Å². The minimum atomic E-state index is -0.189. The van der Waals surface area contributed by atoms with Gasteiger partial charge in [0.15, 0.2) is 0 Å². The van der Waals surface area contributed by atoms with Crippen LogP contribution in [-0.4, -0.2) is 27.6 Å². The highest BCUT2D eigenvalue weighted by molar-refractivity contribution is 5.90. The van der Waals surface area contributed by atoms with Crippen LogP contribution in [0.2, 0.25) is 0 Å². The molecule has 2 N–H and O–H groups in total. The summed E-state index contributed by atoms with van der Waals surface area (Å²) in [6.07, 6.45) is 5.63. The van der Waals surface area contributed by atoms with Gasteiger partial charge in [-0.2, -0.15) is 0 Å². The standard InChI is InChI=1S/C13H15N5O2/c19-11(8-9-3-6-14-7-4-9)16-13-18-17-12(20-13)10-2-1-5-15-10/h3-4,6-7,10,15H,1-2,5,8H2,(H,16,18,19). The second-order valence-corrected chi connectivity index (χ2v) is 4.67. The fraction of sp³-hybridized carbons (Fsp3) is 0.385. The number of pyridine rings is 1. The average Bonchev–Trinajstić information content (AvgIpc) is 3.10. The number of anilines is 1. The minimum absolute atomic E-state index is 0.105. The molecule has 1 atom stereocenters. The van der Waals surface area contributed by atoms with Crippen LogP contribution >= 0.6 is 0 Å². The van der Waals surface area contributed by atoms with Gasteiger partial charge >= 0.3 is 6.01 Å². The van der Waals surface area contributed by atoms with Crippen LogP contribution in [0, 0.1) is 0 Å². The molecule has 3 rings (SSSR count). The van der Waals surface area contributed by atoms with E-state index in [4.69, 9.17) is 4.42 Å². The molecule has 1 amide bonds. The van der Waals surface area contributed by atoms with Gasteiger partial charge in [-0.1, -0.05) is 5.10 Å². The molecule has 1 saturated heterocycles. The monoisotopic (exact) mass is 273 g/mol. The lowest BCUT2D eigenvalue weighted by Gasteiger charge is -2.03. The summed E-state index contributed by atoms with van der Waals surface area (Å²) in [5.74, 6) is 0.340. The van der Waals surface area contributed by atoms with Crippen molar-refractivity contribution >= 4 is 11.9 Å². The molecule has 1 unspecified atom stereocenters. The third-order valence-corrected chi connectivity index (χ3v) is 3.16. The van der Waals surface area contributed by atoms with Gasteiger partial charge in [0.2, 0.25) is 11.8 Å². The Bertz CT molecular complexity index is 577. The first-order valence-corrected chi connectivity index (χ1v) is 6.57. The van der Waals surface area contributed by atoms with E-state index >= 15 is 0 Å². The van der Waals surface area contributed by atoms with Gasteiger partial charge in [0, 0.05) is 12.4 Å². The van der Waals surface area contributed by atoms with E-state index in [9.17, 15) is 4.79 Å². The lowest BCUT2D eigenvalue weighted by molar-refractivity contribution is -0.115. The van der Waals surface area contributed by atoms with Crippen molar-refractivity contribution in [2.24, 2.45) is 0 Å². The highest BCUT2D eigenvalue weighted by Crippen LogP contribution is 2.22. The molecule has 0 aliphatic carbocycles. The van der Waals surface area contributed by atoms with Gasteiger partial charge in [-0.3, -0.25) is 15.1 Å². The Morgan fingerprint density at radius 2 is 2.25 bits per heavy atom. The number of amides is 1. The molecule has 7 nitrogen and oxygen atoms in total. The van der Waals surface area contributed by atoms with Crippen LogP contribution in [0.1, 0.15) is 30.3 Å². The van der Waals surface area contributed by atoms with Gasteiger partial charge in [-0.05, 0) is 37.1 Å². The Morgan fingerprint density at radius 1 is 1.40 bits per heavy atom. The Hall–Kier alpha value is -2.28. The number of hydrogen-bond acceptors (Lipinski definition) is 6. The molecule has 0 aromatic carbocycles. The molecule has 2 aromatic heterocycles. The summed E-state index contributed by atoms with van der Waals surface area (Å²) in [7, 11) is 0. The highest BCUT2D eigenvalue weighted by Gasteiger charge is 2.22. The third kappa shape index (κ3) is 3.00. The fourth-order valence-corrected chi connectivity index (χ4v) is 2.17. The van der Waals surface area contributed by atoms with E-state index in [0.717, 1.165) is 24.9 Å². The number of aromatic nitrogens is 3. The van der Waals surface area contributed by atoms with E-state index in [1.165, 1.54) is 0 Å². The predicted molar refractivity (Wildman–Crippen MR) is 70.8 cm³/mol. The number of hydrogen-bond donors (Lipinski definition) is 2. The number of carbonyl (C=O) groups is 1. The molecule has 104 valence electrons. The predicted octanol–water partition coefficient (Wildman–Crippen LogP) is 1.07. The maximum atomic E-state index is 11.8. The number of nitrogens with one attached hydrogen (secondary N) is 2. The Morgan fingerprint density at radius 3 is 3.00 bits per heavy atom. The number of carbonyl (C=O) groups excluding carboxylic acids is 1. The van der Waals surface area contributed by atoms with Crippen molar-refractivity contribution in [2.45, 2.75) is 25.3 Å². The molecule has 1 aliphatic rings. The zero-order valence-electron chi connectivity index (χ0n) is 10.9. The fourth-order valence-electron chi connectivity index (χ4n) is 2.17. The maximum Gasteiger partial charge on any atom is 0.322 e. The van der Waals surface area contributed by atoms with Crippen molar-refractivity contribution in [3.63, 3.8) is 0 Å². The van der Waals surface area contributed by atoms with Crippen LogP contribution in [0.4, 0.5) is 6.01 Å². The first-order valence-electron chi connectivity index (χ1n) is 6.57. The second kappa shape index (κ2) is 5.79. The SMILES string of the molecule is O=C(Cc1ccncc1)Nc1nnc(C2CCCN2)o1. The van der Waals surface area contributed by atoms with Crippen molar-refractivity contribution in [3.05, 3.63) is 36.0 Å². The molecule has 0 bridgehead atoms. The summed E-state index contributed by atoms with van der Waals surface area (Å²) in [6, 6.07) is 3.84. The Labute approximate surface area is 115 Å². The highest BCUT2D eigenvalue weighted by atomic mass is 16.4. The molecule has 20 heavy (non-hydrogen) atoms. The summed E-state index contributed by atoms with van der Waals surface area (Å²) in [6.45, 7) is 0.955. The van der Waals surface area contributed by atoms with Crippen LogP contribution < -0.4 is 10.6 Å². The van der Waals surface area contributed by atoms with Gasteiger partial charge in [0.05, 0.1) is 12.5 Å². The quantitative estimate of drug-likeness (QED) is 0.865. The summed E-state index contributed by atoms with van der Waals surface area (Å²) in [4.78, 5) is 15.7. The largest absolute Gasteiger partial charge is 0.406 e. The van der Waals surface area contributed by atoms with E-state index in [0.29, 0.717) is 5.89 Å². The van der Waals surface area contributed by atoms with E-state index in [1.807, 2.05) is 0 Å². The van der Waals surface area contributed by atoms with Gasteiger partial charge < -0.3 is 9.73 Å². The molecular formula is C13H15N5O2. The Balaban J connectivity index is 1.59. The molecule has 3 heterocycles. The molecule has 1 aliphatic heterocycles. The van der Waals surface area contributed by atoms with Crippen molar-refractivity contribution < 1.29 is 9.21 Å². The average molecular weight is 273 g/mol. The first kappa shape index (κ1) is 12.7. The maximum absolute atomic E-state index is 11.8. The molecule has 7 heteroatoms. The lowest BCUT2D eigenvalue weighted by Crippen LogP contribution is -2.14. The molecule has 0 saturated carbocycles. The van der Waals surface area contributed by atoms with E-state index in [2.05, 4.69) is 25.8 Å². The normalized spacial score (nSPS) is 18.1. The zero-order chi connectivity index (χ0) is 13.8. The summed E-state index contributed by atoms with van der Waals surface area (Å²) >= 11 is 0. The summed E-state index contributed by atoms with van der Waals surface area (Å²) < 4.78 is 5.45. The second-order valence-electron chi connectivity index (χ2n) is 4.67. The van der Waals surface area contributed by atoms with E-state index in [-0.39, 0.29) is 24.4 Å². The summed E-state index contributed by atoms with van der Waals surface area (Å²) in [5, 5.41) is 13.7. The van der Waals surface area contributed by atoms with Crippen molar-refractivity contribution in [2.75, 3.05) is 11.9 Å². The first-order chi connectivity index (χ1) is 9.81. The molecule has 2 aromatic rings. The third-order valence-electron chi connectivity index (χ3n) is 3.16. The topological polar surface area (TPSA) is 92.9 Å². The van der Waals surface area contributed by atoms with E-state index in [1.54, 1.807) is 24.5 Å². The number of nitrogens with zero attached hydrogens (tertiary/aromatic N) is 3. The van der Waals surface area contributed by atoms with Crippen LogP contribution in [0.15, 0.2) is 28.9 Å². The minimum Gasteiger partial charge on any atom is -0.406 e. The van der Waals surface area contributed by atoms with Crippen LogP contribution in [0.5, 0.6) is 0 Å². The van der Waals surface area contributed by atoms with Gasteiger partial charge in [-0.15, -0.1) is 5.10 Å². The zero-order valence-corrected chi connectivity index (χ0v) is 10.9. The van der Waals surface area contributed by atoms with Crippen molar-refractivity contribution in [3.8, 4) is 0 Å². The molecular weight excluding hydrogens is 258 g/mol.